The number of fused-ring (bicyclic) bond motifs is 3. The highest BCUT2D eigenvalue weighted by Crippen LogP contribution is 2.48. The van der Waals surface area contributed by atoms with Crippen molar-refractivity contribution in [2.24, 2.45) is 5.92 Å². The van der Waals surface area contributed by atoms with Crippen molar-refractivity contribution in [3.05, 3.63) is 0 Å². The van der Waals surface area contributed by atoms with Crippen LogP contribution in [0.1, 0.15) is 33.1 Å². The zero-order chi connectivity index (χ0) is 12.9. The van der Waals surface area contributed by atoms with Crippen LogP contribution in [0.15, 0.2) is 0 Å². The molecule has 0 bridgehead atoms. The summed E-state index contributed by atoms with van der Waals surface area (Å²) in [5.74, 6) is -0.340. The summed E-state index contributed by atoms with van der Waals surface area (Å²) in [4.78, 5) is 11.3. The largest absolute Gasteiger partial charge is 0.469 e. The van der Waals surface area contributed by atoms with Crippen LogP contribution in [0.25, 0.3) is 0 Å². The van der Waals surface area contributed by atoms with Crippen molar-refractivity contribution in [2.45, 2.75) is 63.3 Å². The lowest BCUT2D eigenvalue weighted by molar-refractivity contribution is -0.161. The molecule has 2 saturated heterocycles. The Kier molecular flexibility index (Phi) is 2.88. The molecule has 0 unspecified atom stereocenters. The van der Waals surface area contributed by atoms with Crippen LogP contribution in [0.3, 0.4) is 0 Å². The Morgan fingerprint density at radius 2 is 2.06 bits per heavy atom. The molecule has 1 aliphatic carbocycles. The fraction of sp³-hybridized carbons (Fsp3) is 0.923. The molecule has 0 N–H and O–H groups in total. The molecule has 3 rings (SSSR count). The molecule has 2 aliphatic heterocycles. The van der Waals surface area contributed by atoms with E-state index in [1.54, 1.807) is 0 Å². The lowest BCUT2D eigenvalue weighted by atomic mass is 9.98. The summed E-state index contributed by atoms with van der Waals surface area (Å²) in [5, 5.41) is 0. The van der Waals surface area contributed by atoms with Crippen LogP contribution in [0, 0.1) is 5.92 Å². The zero-order valence-electron chi connectivity index (χ0n) is 11.0. The van der Waals surface area contributed by atoms with E-state index in [1.165, 1.54) is 7.11 Å². The van der Waals surface area contributed by atoms with E-state index in [9.17, 15) is 4.79 Å². The van der Waals surface area contributed by atoms with Crippen molar-refractivity contribution >= 4 is 5.97 Å². The average molecular weight is 256 g/mol. The number of carbonyl (C=O) groups excluding carboxylic acids is 1. The third-order valence-electron chi connectivity index (χ3n) is 4.11. The molecule has 1 saturated carbocycles. The molecule has 0 amide bonds. The fourth-order valence-electron chi connectivity index (χ4n) is 3.47. The van der Waals surface area contributed by atoms with Crippen LogP contribution in [0.5, 0.6) is 0 Å². The van der Waals surface area contributed by atoms with Crippen molar-refractivity contribution in [3.8, 4) is 0 Å². The van der Waals surface area contributed by atoms with E-state index in [4.69, 9.17) is 14.2 Å². The van der Waals surface area contributed by atoms with E-state index in [-0.39, 0.29) is 30.4 Å². The number of hydrogen-bond donors (Lipinski definition) is 0. The molecule has 5 nitrogen and oxygen atoms in total. The van der Waals surface area contributed by atoms with E-state index in [2.05, 4.69) is 4.74 Å². The molecule has 0 radical (unpaired) electrons. The molecule has 3 aliphatic rings. The van der Waals surface area contributed by atoms with Gasteiger partial charge in [0, 0.05) is 12.3 Å². The number of ether oxygens (including phenoxy) is 4. The van der Waals surface area contributed by atoms with Crippen molar-refractivity contribution in [2.75, 3.05) is 7.11 Å². The van der Waals surface area contributed by atoms with Gasteiger partial charge in [0.05, 0.1) is 37.9 Å². The summed E-state index contributed by atoms with van der Waals surface area (Å²) < 4.78 is 22.4. The van der Waals surface area contributed by atoms with Gasteiger partial charge in [0.15, 0.2) is 5.79 Å². The van der Waals surface area contributed by atoms with Gasteiger partial charge in [0.1, 0.15) is 0 Å². The lowest BCUT2D eigenvalue weighted by Crippen LogP contribution is -2.27. The minimum Gasteiger partial charge on any atom is -0.469 e. The summed E-state index contributed by atoms with van der Waals surface area (Å²) in [6.45, 7) is 3.89. The predicted octanol–water partition coefficient (Wildman–Crippen LogP) is 1.25. The molecular weight excluding hydrogens is 236 g/mol. The third-order valence-corrected chi connectivity index (χ3v) is 4.11. The summed E-state index contributed by atoms with van der Waals surface area (Å²) in [6.07, 6.45) is 2.48. The number of rotatable bonds is 2. The highest BCUT2D eigenvalue weighted by Gasteiger charge is 2.57. The van der Waals surface area contributed by atoms with Crippen molar-refractivity contribution < 1.29 is 23.7 Å². The minimum atomic E-state index is -0.485. The van der Waals surface area contributed by atoms with Crippen LogP contribution in [0.4, 0.5) is 0 Å². The highest BCUT2D eigenvalue weighted by atomic mass is 16.8. The SMILES string of the molecule is COC(=O)C[C@H]1C[C@@H]2[C@@H]3OC(C)(C)O[C@@H]3C[C@@H]2O1. The van der Waals surface area contributed by atoms with Gasteiger partial charge in [0.2, 0.25) is 0 Å². The lowest BCUT2D eigenvalue weighted by Gasteiger charge is -2.21. The van der Waals surface area contributed by atoms with Crippen molar-refractivity contribution in [1.82, 2.24) is 0 Å². The van der Waals surface area contributed by atoms with E-state index in [0.29, 0.717) is 12.3 Å². The quantitative estimate of drug-likeness (QED) is 0.696. The van der Waals surface area contributed by atoms with Gasteiger partial charge in [-0.25, -0.2) is 0 Å². The van der Waals surface area contributed by atoms with E-state index in [0.717, 1.165) is 12.8 Å². The van der Waals surface area contributed by atoms with Crippen LogP contribution in [-0.2, 0) is 23.7 Å². The van der Waals surface area contributed by atoms with Gasteiger partial charge in [-0.3, -0.25) is 4.79 Å². The van der Waals surface area contributed by atoms with E-state index in [1.807, 2.05) is 13.8 Å². The first-order chi connectivity index (χ1) is 8.48. The van der Waals surface area contributed by atoms with E-state index >= 15 is 0 Å². The second-order valence-electron chi connectivity index (χ2n) is 5.85. The third kappa shape index (κ3) is 2.04. The van der Waals surface area contributed by atoms with Crippen molar-refractivity contribution in [3.63, 3.8) is 0 Å². The Morgan fingerprint density at radius 3 is 2.78 bits per heavy atom. The maximum absolute atomic E-state index is 11.3. The normalized spacial score (nSPS) is 44.7. The maximum Gasteiger partial charge on any atom is 0.308 e. The molecule has 0 aromatic heterocycles. The smallest absolute Gasteiger partial charge is 0.308 e. The number of methoxy groups -OCH3 is 1. The Hall–Kier alpha value is -0.650. The highest BCUT2D eigenvalue weighted by molar-refractivity contribution is 5.69. The molecule has 18 heavy (non-hydrogen) atoms. The standard InChI is InChI=1S/C13H20O5/c1-13(2)17-10-6-9-8(12(10)18-13)4-7(16-9)5-11(14)15-3/h7-10,12H,4-6H2,1-3H3/t7-,8+,9+,10-,12+/m1/s1. The first-order valence-electron chi connectivity index (χ1n) is 6.56. The molecule has 0 aromatic carbocycles. The molecular formula is C13H20O5. The number of hydrogen-bond acceptors (Lipinski definition) is 5. The second-order valence-corrected chi connectivity index (χ2v) is 5.85. The van der Waals surface area contributed by atoms with Gasteiger partial charge in [-0.15, -0.1) is 0 Å². The molecule has 0 spiro atoms. The maximum atomic E-state index is 11.3. The summed E-state index contributed by atoms with van der Waals surface area (Å²) in [5.41, 5.74) is 0. The zero-order valence-corrected chi connectivity index (χ0v) is 11.0. The van der Waals surface area contributed by atoms with E-state index < -0.39 is 5.79 Å². The van der Waals surface area contributed by atoms with Gasteiger partial charge >= 0.3 is 5.97 Å². The Labute approximate surface area is 107 Å². The molecule has 3 fully saturated rings. The Bertz CT molecular complexity index is 353. The second kappa shape index (κ2) is 4.18. The average Bonchev–Trinajstić information content (AvgIpc) is 2.86. The fourth-order valence-corrected chi connectivity index (χ4v) is 3.47. The minimum absolute atomic E-state index is 0.0271. The van der Waals surface area contributed by atoms with Gasteiger partial charge < -0.3 is 18.9 Å². The Balaban J connectivity index is 1.62. The monoisotopic (exact) mass is 256 g/mol. The topological polar surface area (TPSA) is 54.0 Å². The van der Waals surface area contributed by atoms with Crippen LogP contribution in [0.2, 0.25) is 0 Å². The molecule has 102 valence electrons. The first-order valence-corrected chi connectivity index (χ1v) is 6.56. The van der Waals surface area contributed by atoms with Gasteiger partial charge in [-0.1, -0.05) is 0 Å². The number of carbonyl (C=O) groups is 1. The number of esters is 1. The summed E-state index contributed by atoms with van der Waals surface area (Å²) in [7, 11) is 1.41. The Morgan fingerprint density at radius 1 is 1.28 bits per heavy atom. The molecule has 2 heterocycles. The molecule has 0 aromatic rings. The summed E-state index contributed by atoms with van der Waals surface area (Å²) >= 11 is 0. The van der Waals surface area contributed by atoms with Crippen LogP contribution in [-0.4, -0.2) is 43.3 Å². The first kappa shape index (κ1) is 12.4. The van der Waals surface area contributed by atoms with Crippen LogP contribution < -0.4 is 0 Å². The molecule has 5 atom stereocenters. The van der Waals surface area contributed by atoms with Gasteiger partial charge in [0.25, 0.3) is 0 Å². The van der Waals surface area contributed by atoms with Crippen LogP contribution >= 0.6 is 0 Å². The van der Waals surface area contributed by atoms with Crippen molar-refractivity contribution in [1.29, 1.82) is 0 Å². The summed E-state index contributed by atoms with van der Waals surface area (Å²) in [6, 6.07) is 0. The van der Waals surface area contributed by atoms with Gasteiger partial charge in [-0.05, 0) is 20.3 Å². The predicted molar refractivity (Wildman–Crippen MR) is 61.8 cm³/mol. The van der Waals surface area contributed by atoms with Gasteiger partial charge in [-0.2, -0.15) is 0 Å². The molecule has 5 heteroatoms.